The van der Waals surface area contributed by atoms with Crippen molar-refractivity contribution in [2.24, 2.45) is 5.92 Å². The molecule has 1 aromatic heterocycles. The van der Waals surface area contributed by atoms with Gasteiger partial charge in [-0.3, -0.25) is 4.98 Å². The van der Waals surface area contributed by atoms with Crippen LogP contribution in [0.2, 0.25) is 0 Å². The van der Waals surface area contributed by atoms with Gasteiger partial charge in [-0.2, -0.15) is 0 Å². The molecule has 0 aromatic carbocycles. The molecule has 0 aliphatic heterocycles. The van der Waals surface area contributed by atoms with E-state index >= 15 is 0 Å². The van der Waals surface area contributed by atoms with Crippen molar-refractivity contribution in [2.75, 3.05) is 6.54 Å². The zero-order valence-corrected chi connectivity index (χ0v) is 12.4. The highest BCUT2D eigenvalue weighted by Crippen LogP contribution is 2.11. The number of rotatable bonds is 8. The first-order chi connectivity index (χ1) is 8.61. The van der Waals surface area contributed by atoms with Crippen molar-refractivity contribution in [3.63, 3.8) is 0 Å². The fourth-order valence-corrected chi connectivity index (χ4v) is 2.03. The molecule has 0 bridgehead atoms. The summed E-state index contributed by atoms with van der Waals surface area (Å²) in [5.41, 5.74) is 2.44. The Morgan fingerprint density at radius 1 is 1.22 bits per heavy atom. The molecule has 0 aliphatic rings. The van der Waals surface area contributed by atoms with E-state index in [-0.39, 0.29) is 0 Å². The van der Waals surface area contributed by atoms with Crippen LogP contribution in [0.15, 0.2) is 18.3 Å². The fraction of sp³-hybridized carbons (Fsp3) is 0.688. The molecule has 0 amide bonds. The van der Waals surface area contributed by atoms with Crippen molar-refractivity contribution < 1.29 is 0 Å². The second kappa shape index (κ2) is 8.25. The molecule has 0 saturated carbocycles. The van der Waals surface area contributed by atoms with Crippen LogP contribution in [-0.4, -0.2) is 17.6 Å². The van der Waals surface area contributed by atoms with Crippen LogP contribution in [0.25, 0.3) is 0 Å². The Morgan fingerprint density at radius 2 is 2.00 bits per heavy atom. The fourth-order valence-electron chi connectivity index (χ4n) is 2.03. The van der Waals surface area contributed by atoms with Crippen LogP contribution in [0, 0.1) is 12.8 Å². The Kier molecular flexibility index (Phi) is 6.96. The van der Waals surface area contributed by atoms with Gasteiger partial charge in [0.15, 0.2) is 0 Å². The maximum Gasteiger partial charge on any atom is 0.0419 e. The van der Waals surface area contributed by atoms with Crippen molar-refractivity contribution in [2.45, 2.75) is 59.4 Å². The SMILES string of the molecule is CCCNC(CCC(C)C)Cc1ccc(C)cn1. The molecule has 1 rings (SSSR count). The standard InChI is InChI=1S/C16H28N2/c1-5-10-17-15(8-6-13(2)3)11-16-9-7-14(4)12-18-16/h7,9,12-13,15,17H,5-6,8,10-11H2,1-4H3. The van der Waals surface area contributed by atoms with Gasteiger partial charge in [-0.15, -0.1) is 0 Å². The molecule has 18 heavy (non-hydrogen) atoms. The second-order valence-corrected chi connectivity index (χ2v) is 5.65. The summed E-state index contributed by atoms with van der Waals surface area (Å²) < 4.78 is 0. The van der Waals surface area contributed by atoms with E-state index in [4.69, 9.17) is 0 Å². The highest BCUT2D eigenvalue weighted by atomic mass is 14.9. The number of nitrogens with one attached hydrogen (secondary N) is 1. The Labute approximate surface area is 112 Å². The number of aryl methyl sites for hydroxylation is 1. The molecular formula is C16H28N2. The first-order valence-corrected chi connectivity index (χ1v) is 7.26. The van der Waals surface area contributed by atoms with E-state index in [0.717, 1.165) is 18.9 Å². The number of hydrogen-bond donors (Lipinski definition) is 1. The van der Waals surface area contributed by atoms with Gasteiger partial charge in [-0.25, -0.2) is 0 Å². The average Bonchev–Trinajstić information content (AvgIpc) is 2.35. The largest absolute Gasteiger partial charge is 0.314 e. The van der Waals surface area contributed by atoms with Gasteiger partial charge < -0.3 is 5.32 Å². The van der Waals surface area contributed by atoms with Crippen LogP contribution in [0.4, 0.5) is 0 Å². The average molecular weight is 248 g/mol. The lowest BCUT2D eigenvalue weighted by Gasteiger charge is -2.19. The minimum atomic E-state index is 0.572. The van der Waals surface area contributed by atoms with Crippen LogP contribution >= 0.6 is 0 Å². The molecule has 1 N–H and O–H groups in total. The Morgan fingerprint density at radius 3 is 2.56 bits per heavy atom. The molecule has 0 spiro atoms. The summed E-state index contributed by atoms with van der Waals surface area (Å²) in [6.07, 6.45) is 6.74. The number of hydrogen-bond acceptors (Lipinski definition) is 2. The van der Waals surface area contributed by atoms with Crippen LogP contribution in [0.3, 0.4) is 0 Å². The molecule has 102 valence electrons. The van der Waals surface area contributed by atoms with Gasteiger partial charge in [0.05, 0.1) is 0 Å². The highest BCUT2D eigenvalue weighted by molar-refractivity contribution is 5.13. The first-order valence-electron chi connectivity index (χ1n) is 7.26. The monoisotopic (exact) mass is 248 g/mol. The minimum Gasteiger partial charge on any atom is -0.314 e. The summed E-state index contributed by atoms with van der Waals surface area (Å²) in [6.45, 7) is 10.00. The van der Waals surface area contributed by atoms with Crippen molar-refractivity contribution in [1.82, 2.24) is 10.3 Å². The van der Waals surface area contributed by atoms with E-state index in [1.165, 1.54) is 30.5 Å². The van der Waals surface area contributed by atoms with Crippen LogP contribution in [0.5, 0.6) is 0 Å². The number of aromatic nitrogens is 1. The van der Waals surface area contributed by atoms with Crippen molar-refractivity contribution in [3.05, 3.63) is 29.6 Å². The zero-order chi connectivity index (χ0) is 13.4. The molecule has 0 saturated heterocycles. The summed E-state index contributed by atoms with van der Waals surface area (Å²) in [6, 6.07) is 4.88. The second-order valence-electron chi connectivity index (χ2n) is 5.65. The molecule has 0 radical (unpaired) electrons. The van der Waals surface area contributed by atoms with Gasteiger partial charge in [0, 0.05) is 24.4 Å². The molecule has 2 nitrogen and oxygen atoms in total. The first kappa shape index (κ1) is 15.2. The van der Waals surface area contributed by atoms with Gasteiger partial charge >= 0.3 is 0 Å². The number of nitrogens with zero attached hydrogens (tertiary/aromatic N) is 1. The molecule has 1 heterocycles. The van der Waals surface area contributed by atoms with E-state index in [1.807, 2.05) is 6.20 Å². The Hall–Kier alpha value is -0.890. The Bertz CT molecular complexity index is 316. The maximum absolute atomic E-state index is 4.51. The van der Waals surface area contributed by atoms with E-state index in [1.54, 1.807) is 0 Å². The lowest BCUT2D eigenvalue weighted by atomic mass is 9.99. The van der Waals surface area contributed by atoms with E-state index in [9.17, 15) is 0 Å². The summed E-state index contributed by atoms with van der Waals surface area (Å²) in [4.78, 5) is 4.51. The number of pyridine rings is 1. The molecule has 0 fully saturated rings. The van der Waals surface area contributed by atoms with Crippen LogP contribution in [0.1, 0.15) is 51.3 Å². The summed E-state index contributed by atoms with van der Waals surface area (Å²) in [7, 11) is 0. The topological polar surface area (TPSA) is 24.9 Å². The van der Waals surface area contributed by atoms with Crippen LogP contribution < -0.4 is 5.32 Å². The smallest absolute Gasteiger partial charge is 0.0419 e. The van der Waals surface area contributed by atoms with Gasteiger partial charge in [0.1, 0.15) is 0 Å². The van der Waals surface area contributed by atoms with Gasteiger partial charge in [-0.1, -0.05) is 26.8 Å². The predicted molar refractivity (Wildman–Crippen MR) is 78.8 cm³/mol. The molecule has 2 heteroatoms. The molecule has 0 aliphatic carbocycles. The molecular weight excluding hydrogens is 220 g/mol. The summed E-state index contributed by atoms with van der Waals surface area (Å²) in [5, 5.41) is 3.65. The third-order valence-electron chi connectivity index (χ3n) is 3.20. The van der Waals surface area contributed by atoms with Crippen molar-refractivity contribution in [1.29, 1.82) is 0 Å². The summed E-state index contributed by atoms with van der Waals surface area (Å²) >= 11 is 0. The van der Waals surface area contributed by atoms with E-state index in [0.29, 0.717) is 6.04 Å². The maximum atomic E-state index is 4.51. The quantitative estimate of drug-likeness (QED) is 0.758. The summed E-state index contributed by atoms with van der Waals surface area (Å²) in [5.74, 6) is 0.780. The van der Waals surface area contributed by atoms with Gasteiger partial charge in [0.2, 0.25) is 0 Å². The third-order valence-corrected chi connectivity index (χ3v) is 3.20. The molecule has 1 unspecified atom stereocenters. The lowest BCUT2D eigenvalue weighted by molar-refractivity contribution is 0.425. The molecule has 1 atom stereocenters. The van der Waals surface area contributed by atoms with Crippen LogP contribution in [-0.2, 0) is 6.42 Å². The minimum absolute atomic E-state index is 0.572. The van der Waals surface area contributed by atoms with Gasteiger partial charge in [0.25, 0.3) is 0 Å². The van der Waals surface area contributed by atoms with Gasteiger partial charge in [-0.05, 0) is 50.3 Å². The third kappa shape index (κ3) is 6.15. The lowest BCUT2D eigenvalue weighted by Crippen LogP contribution is -2.32. The highest BCUT2D eigenvalue weighted by Gasteiger charge is 2.10. The zero-order valence-electron chi connectivity index (χ0n) is 12.4. The molecule has 1 aromatic rings. The normalized spacial score (nSPS) is 12.9. The van der Waals surface area contributed by atoms with Crippen molar-refractivity contribution >= 4 is 0 Å². The van der Waals surface area contributed by atoms with E-state index in [2.05, 4.69) is 50.1 Å². The Balaban J connectivity index is 2.50. The van der Waals surface area contributed by atoms with E-state index < -0.39 is 0 Å². The van der Waals surface area contributed by atoms with Crippen molar-refractivity contribution in [3.8, 4) is 0 Å². The predicted octanol–water partition coefficient (Wildman–Crippen LogP) is 3.74.